The van der Waals surface area contributed by atoms with Gasteiger partial charge in [0.1, 0.15) is 5.92 Å². The van der Waals surface area contributed by atoms with Crippen molar-refractivity contribution in [2.75, 3.05) is 6.79 Å². The van der Waals surface area contributed by atoms with Gasteiger partial charge >= 0.3 is 0 Å². The first-order valence-corrected chi connectivity index (χ1v) is 7.47. The number of ketones is 1. The highest BCUT2D eigenvalue weighted by molar-refractivity contribution is 5.93. The van der Waals surface area contributed by atoms with Crippen LogP contribution in [0.1, 0.15) is 50.5 Å². The SMILES string of the molecule is CC1(C(=O)C(C#N)c2ccc3c(c2)OCO3)CCCCC1. The van der Waals surface area contributed by atoms with E-state index in [0.717, 1.165) is 25.7 Å². The summed E-state index contributed by atoms with van der Waals surface area (Å²) in [6.07, 6.45) is 5.09. The van der Waals surface area contributed by atoms with Crippen LogP contribution in [0.15, 0.2) is 18.2 Å². The van der Waals surface area contributed by atoms with Crippen LogP contribution in [-0.4, -0.2) is 12.6 Å². The molecule has 0 spiro atoms. The number of rotatable bonds is 3. The molecule has 0 saturated heterocycles. The second-order valence-corrected chi connectivity index (χ2v) is 6.16. The third kappa shape index (κ3) is 2.49. The number of nitrogens with zero attached hydrogens (tertiary/aromatic N) is 1. The van der Waals surface area contributed by atoms with Gasteiger partial charge in [0.25, 0.3) is 0 Å². The van der Waals surface area contributed by atoms with Crippen molar-refractivity contribution >= 4 is 5.78 Å². The van der Waals surface area contributed by atoms with Crippen molar-refractivity contribution in [2.45, 2.75) is 44.9 Å². The first-order valence-electron chi connectivity index (χ1n) is 7.47. The second-order valence-electron chi connectivity index (χ2n) is 6.16. The van der Waals surface area contributed by atoms with E-state index in [1.165, 1.54) is 6.42 Å². The molecule has 1 heterocycles. The monoisotopic (exact) mass is 285 g/mol. The molecule has 0 N–H and O–H groups in total. The Morgan fingerprint density at radius 1 is 1.24 bits per heavy atom. The minimum absolute atomic E-state index is 0.0450. The standard InChI is InChI=1S/C17H19NO3/c1-17(7-3-2-4-8-17)16(19)13(10-18)12-5-6-14-15(9-12)21-11-20-14/h5-6,9,13H,2-4,7-8,11H2,1H3. The fourth-order valence-electron chi connectivity index (χ4n) is 3.30. The van der Waals surface area contributed by atoms with Crippen LogP contribution >= 0.6 is 0 Å². The van der Waals surface area contributed by atoms with Crippen LogP contribution in [-0.2, 0) is 4.79 Å². The quantitative estimate of drug-likeness (QED) is 0.852. The number of hydrogen-bond donors (Lipinski definition) is 0. The lowest BCUT2D eigenvalue weighted by molar-refractivity contribution is -0.129. The minimum atomic E-state index is -0.720. The minimum Gasteiger partial charge on any atom is -0.454 e. The summed E-state index contributed by atoms with van der Waals surface area (Å²) in [5.74, 6) is 0.618. The van der Waals surface area contributed by atoms with Gasteiger partial charge in [0.2, 0.25) is 6.79 Å². The number of hydrogen-bond acceptors (Lipinski definition) is 4. The Morgan fingerprint density at radius 3 is 2.67 bits per heavy atom. The average Bonchev–Trinajstić information content (AvgIpc) is 2.96. The van der Waals surface area contributed by atoms with Gasteiger partial charge in [-0.2, -0.15) is 5.26 Å². The molecule has 1 aliphatic heterocycles. The maximum absolute atomic E-state index is 12.9. The molecule has 0 aromatic heterocycles. The van der Waals surface area contributed by atoms with Crippen LogP contribution in [0, 0.1) is 16.7 Å². The molecule has 1 fully saturated rings. The predicted molar refractivity (Wildman–Crippen MR) is 77.1 cm³/mol. The number of Topliss-reactive ketones (excluding diaryl/α,β-unsaturated/α-hetero) is 1. The Bertz CT molecular complexity index is 597. The van der Waals surface area contributed by atoms with Gasteiger partial charge in [-0.3, -0.25) is 4.79 Å². The van der Waals surface area contributed by atoms with Gasteiger partial charge in [-0.25, -0.2) is 0 Å². The van der Waals surface area contributed by atoms with Crippen LogP contribution in [0.5, 0.6) is 11.5 Å². The largest absolute Gasteiger partial charge is 0.454 e. The van der Waals surface area contributed by atoms with Crippen molar-refractivity contribution < 1.29 is 14.3 Å². The molecule has 110 valence electrons. The highest BCUT2D eigenvalue weighted by Crippen LogP contribution is 2.42. The lowest BCUT2D eigenvalue weighted by atomic mass is 9.68. The lowest BCUT2D eigenvalue weighted by Crippen LogP contribution is -2.34. The molecule has 4 heteroatoms. The first-order chi connectivity index (χ1) is 10.1. The number of ether oxygens (including phenoxy) is 2. The van der Waals surface area contributed by atoms with E-state index < -0.39 is 5.92 Å². The Kier molecular flexibility index (Phi) is 3.59. The normalized spacial score (nSPS) is 20.6. The summed E-state index contributed by atoms with van der Waals surface area (Å²) in [4.78, 5) is 12.9. The number of fused-ring (bicyclic) bond motifs is 1. The second kappa shape index (κ2) is 5.40. The van der Waals surface area contributed by atoms with Gasteiger partial charge in [0.15, 0.2) is 17.3 Å². The topological polar surface area (TPSA) is 59.3 Å². The zero-order valence-electron chi connectivity index (χ0n) is 12.2. The highest BCUT2D eigenvalue weighted by Gasteiger charge is 2.39. The molecule has 1 unspecified atom stereocenters. The molecule has 0 bridgehead atoms. The van der Waals surface area contributed by atoms with Gasteiger partial charge in [-0.15, -0.1) is 0 Å². The lowest BCUT2D eigenvalue weighted by Gasteiger charge is -2.33. The molecule has 1 aromatic carbocycles. The van der Waals surface area contributed by atoms with Crippen LogP contribution in [0.3, 0.4) is 0 Å². The molecule has 2 aliphatic rings. The molecular weight excluding hydrogens is 266 g/mol. The Labute approximate surface area is 124 Å². The van der Waals surface area contributed by atoms with E-state index in [1.807, 2.05) is 6.92 Å². The van der Waals surface area contributed by atoms with Gasteiger partial charge in [-0.1, -0.05) is 32.3 Å². The zero-order chi connectivity index (χ0) is 14.9. The molecule has 1 aliphatic carbocycles. The fourth-order valence-corrected chi connectivity index (χ4v) is 3.30. The maximum atomic E-state index is 12.9. The van der Waals surface area contributed by atoms with Crippen molar-refractivity contribution in [3.8, 4) is 17.6 Å². The van der Waals surface area contributed by atoms with Crippen LogP contribution in [0.2, 0.25) is 0 Å². The van der Waals surface area contributed by atoms with Gasteiger partial charge < -0.3 is 9.47 Å². The molecule has 1 saturated carbocycles. The van der Waals surface area contributed by atoms with Crippen LogP contribution in [0.4, 0.5) is 0 Å². The summed E-state index contributed by atoms with van der Waals surface area (Å²) in [7, 11) is 0. The molecule has 4 nitrogen and oxygen atoms in total. The Morgan fingerprint density at radius 2 is 1.95 bits per heavy atom. The zero-order valence-corrected chi connectivity index (χ0v) is 12.2. The highest BCUT2D eigenvalue weighted by atomic mass is 16.7. The van der Waals surface area contributed by atoms with Crippen molar-refractivity contribution in [3.05, 3.63) is 23.8 Å². The van der Waals surface area contributed by atoms with E-state index in [2.05, 4.69) is 6.07 Å². The number of nitriles is 1. The molecule has 1 atom stereocenters. The van der Waals surface area contributed by atoms with Gasteiger partial charge in [-0.05, 0) is 30.5 Å². The summed E-state index contributed by atoms with van der Waals surface area (Å²) in [6.45, 7) is 2.20. The van der Waals surface area contributed by atoms with E-state index in [1.54, 1.807) is 18.2 Å². The Balaban J connectivity index is 1.88. The molecule has 3 rings (SSSR count). The Hall–Kier alpha value is -2.02. The molecule has 0 radical (unpaired) electrons. The van der Waals surface area contributed by atoms with E-state index in [9.17, 15) is 10.1 Å². The van der Waals surface area contributed by atoms with E-state index in [-0.39, 0.29) is 18.0 Å². The van der Waals surface area contributed by atoms with E-state index in [0.29, 0.717) is 17.1 Å². The van der Waals surface area contributed by atoms with Crippen molar-refractivity contribution in [1.82, 2.24) is 0 Å². The van der Waals surface area contributed by atoms with Crippen LogP contribution in [0.25, 0.3) is 0 Å². The third-order valence-electron chi connectivity index (χ3n) is 4.67. The van der Waals surface area contributed by atoms with Crippen molar-refractivity contribution in [2.24, 2.45) is 5.41 Å². The summed E-state index contributed by atoms with van der Waals surface area (Å²) in [5, 5.41) is 9.50. The third-order valence-corrected chi connectivity index (χ3v) is 4.67. The summed E-state index contributed by atoms with van der Waals surface area (Å²) in [5.41, 5.74) is 0.341. The van der Waals surface area contributed by atoms with Gasteiger partial charge in [0.05, 0.1) is 6.07 Å². The number of benzene rings is 1. The molecule has 21 heavy (non-hydrogen) atoms. The van der Waals surface area contributed by atoms with Gasteiger partial charge in [0, 0.05) is 5.41 Å². The number of carbonyl (C=O) groups excluding carboxylic acids is 1. The van der Waals surface area contributed by atoms with E-state index >= 15 is 0 Å². The van der Waals surface area contributed by atoms with Crippen molar-refractivity contribution in [1.29, 1.82) is 5.26 Å². The van der Waals surface area contributed by atoms with Crippen molar-refractivity contribution in [3.63, 3.8) is 0 Å². The fraction of sp³-hybridized carbons (Fsp3) is 0.529. The average molecular weight is 285 g/mol. The number of carbonyl (C=O) groups is 1. The summed E-state index contributed by atoms with van der Waals surface area (Å²) < 4.78 is 10.6. The first kappa shape index (κ1) is 13.9. The molecular formula is C17H19NO3. The molecule has 1 aromatic rings. The summed E-state index contributed by atoms with van der Waals surface area (Å²) in [6, 6.07) is 7.52. The van der Waals surface area contributed by atoms with Crippen LogP contribution < -0.4 is 9.47 Å². The molecule has 0 amide bonds. The summed E-state index contributed by atoms with van der Waals surface area (Å²) >= 11 is 0. The smallest absolute Gasteiger partial charge is 0.231 e. The predicted octanol–water partition coefficient (Wildman–Crippen LogP) is 3.56. The maximum Gasteiger partial charge on any atom is 0.231 e. The van der Waals surface area contributed by atoms with E-state index in [4.69, 9.17) is 9.47 Å².